The Kier molecular flexibility index (Phi) is 8.04. The highest BCUT2D eigenvalue weighted by molar-refractivity contribution is 7.54. The summed E-state index contributed by atoms with van der Waals surface area (Å²) in [7, 11) is -3.63. The minimum atomic E-state index is -3.63. The average Bonchev–Trinajstić information content (AvgIpc) is 2.66. The number of hydrogen-bond donors (Lipinski definition) is 1. The quantitative estimate of drug-likeness (QED) is 0.596. The van der Waals surface area contributed by atoms with Gasteiger partial charge in [0.25, 0.3) is 0 Å². The van der Waals surface area contributed by atoms with Gasteiger partial charge in [0.1, 0.15) is 6.61 Å². The fourth-order valence-electron chi connectivity index (χ4n) is 2.52. The molecule has 0 unspecified atom stereocenters. The summed E-state index contributed by atoms with van der Waals surface area (Å²) >= 11 is 0. The Balaban J connectivity index is 2.19. The van der Waals surface area contributed by atoms with E-state index in [-0.39, 0.29) is 19.8 Å². The maximum Gasteiger partial charge on any atom is 0.408 e. The molecule has 27 heavy (non-hydrogen) atoms. The summed E-state index contributed by atoms with van der Waals surface area (Å²) in [5.41, 5.74) is 2.53. The van der Waals surface area contributed by atoms with Crippen LogP contribution in [0.5, 0.6) is 0 Å². The third-order valence-electron chi connectivity index (χ3n) is 3.79. The summed E-state index contributed by atoms with van der Waals surface area (Å²) in [6.07, 6.45) is -0.691. The molecule has 0 fully saturated rings. The maximum atomic E-state index is 13.3. The van der Waals surface area contributed by atoms with Gasteiger partial charge in [-0.25, -0.2) is 4.79 Å². The number of alkyl carbamates (subject to hydrolysis) is 1. The highest BCUT2D eigenvalue weighted by atomic mass is 31.2. The van der Waals surface area contributed by atoms with E-state index in [1.54, 1.807) is 26.0 Å². The van der Waals surface area contributed by atoms with Crippen molar-refractivity contribution in [2.24, 2.45) is 0 Å². The zero-order valence-corrected chi connectivity index (χ0v) is 16.8. The molecule has 0 aliphatic rings. The topological polar surface area (TPSA) is 73.9 Å². The van der Waals surface area contributed by atoms with Gasteiger partial charge in [-0.05, 0) is 31.9 Å². The molecule has 2 aromatic rings. The van der Waals surface area contributed by atoms with Crippen LogP contribution in [0.25, 0.3) is 0 Å². The summed E-state index contributed by atoms with van der Waals surface area (Å²) in [6.45, 7) is 5.91. The molecule has 0 heterocycles. The molecule has 0 radical (unpaired) electrons. The lowest BCUT2D eigenvalue weighted by Gasteiger charge is -2.27. The largest absolute Gasteiger partial charge is 0.445 e. The molecule has 146 valence electrons. The van der Waals surface area contributed by atoms with Crippen LogP contribution in [0.1, 0.15) is 36.3 Å². The smallest absolute Gasteiger partial charge is 0.408 e. The standard InChI is InChI=1S/C20H26NO5P/c1-4-25-27(23,26-5-2)19(18-13-11-16(3)12-14-18)21-20(22)24-15-17-9-7-6-8-10-17/h6-14,19H,4-5,15H2,1-3H3,(H,21,22)/t19-/m1/s1. The first-order valence-electron chi connectivity index (χ1n) is 8.91. The number of nitrogens with one attached hydrogen (secondary N) is 1. The molecule has 2 aromatic carbocycles. The summed E-state index contributed by atoms with van der Waals surface area (Å²) in [6, 6.07) is 16.7. The summed E-state index contributed by atoms with van der Waals surface area (Å²) < 4.78 is 29.5. The molecule has 0 saturated heterocycles. The second kappa shape index (κ2) is 10.3. The highest BCUT2D eigenvalue weighted by Crippen LogP contribution is 2.59. The maximum absolute atomic E-state index is 13.3. The van der Waals surface area contributed by atoms with Gasteiger partial charge < -0.3 is 19.1 Å². The van der Waals surface area contributed by atoms with Crippen molar-refractivity contribution in [2.75, 3.05) is 13.2 Å². The van der Waals surface area contributed by atoms with Crippen molar-refractivity contribution in [3.63, 3.8) is 0 Å². The van der Waals surface area contributed by atoms with Crippen molar-refractivity contribution in [3.05, 3.63) is 71.3 Å². The van der Waals surface area contributed by atoms with E-state index in [1.165, 1.54) is 0 Å². The Morgan fingerprint density at radius 3 is 2.15 bits per heavy atom. The van der Waals surface area contributed by atoms with Crippen molar-refractivity contribution >= 4 is 13.7 Å². The van der Waals surface area contributed by atoms with Crippen LogP contribution >= 0.6 is 7.60 Å². The van der Waals surface area contributed by atoms with Crippen LogP contribution in [0.4, 0.5) is 4.79 Å². The van der Waals surface area contributed by atoms with Gasteiger partial charge in [0.05, 0.1) is 13.2 Å². The Bertz CT molecular complexity index is 754. The van der Waals surface area contributed by atoms with Gasteiger partial charge in [-0.1, -0.05) is 60.2 Å². The van der Waals surface area contributed by atoms with Crippen molar-refractivity contribution in [2.45, 2.75) is 33.2 Å². The molecular weight excluding hydrogens is 365 g/mol. The minimum absolute atomic E-state index is 0.112. The van der Waals surface area contributed by atoms with E-state index in [4.69, 9.17) is 13.8 Å². The summed E-state index contributed by atoms with van der Waals surface area (Å²) in [5, 5.41) is 2.66. The van der Waals surface area contributed by atoms with Gasteiger partial charge >= 0.3 is 13.7 Å². The van der Waals surface area contributed by atoms with Gasteiger partial charge in [-0.2, -0.15) is 0 Å². The van der Waals surface area contributed by atoms with Gasteiger partial charge in [0, 0.05) is 0 Å². The Labute approximate surface area is 160 Å². The zero-order chi connectivity index (χ0) is 19.7. The van der Waals surface area contributed by atoms with Crippen LogP contribution in [0, 0.1) is 6.92 Å². The Hall–Kier alpha value is -2.14. The fourth-order valence-corrected chi connectivity index (χ4v) is 4.41. The van der Waals surface area contributed by atoms with E-state index in [0.29, 0.717) is 5.56 Å². The molecule has 0 aromatic heterocycles. The molecule has 1 N–H and O–H groups in total. The van der Waals surface area contributed by atoms with Crippen LogP contribution in [0.2, 0.25) is 0 Å². The molecule has 6 nitrogen and oxygen atoms in total. The molecule has 1 amide bonds. The molecule has 0 spiro atoms. The number of carbonyl (C=O) groups excluding carboxylic acids is 1. The van der Waals surface area contributed by atoms with E-state index >= 15 is 0 Å². The molecule has 1 atom stereocenters. The monoisotopic (exact) mass is 391 g/mol. The predicted octanol–water partition coefficient (Wildman–Crippen LogP) is 5.19. The van der Waals surface area contributed by atoms with Crippen molar-refractivity contribution in [1.82, 2.24) is 5.32 Å². The Morgan fingerprint density at radius 1 is 1.00 bits per heavy atom. The molecular formula is C20H26NO5P. The highest BCUT2D eigenvalue weighted by Gasteiger charge is 2.38. The zero-order valence-electron chi connectivity index (χ0n) is 15.9. The molecule has 0 aliphatic heterocycles. The number of amides is 1. The molecule has 2 rings (SSSR count). The summed E-state index contributed by atoms with van der Waals surface area (Å²) in [5.74, 6) is -0.957. The number of benzene rings is 2. The lowest BCUT2D eigenvalue weighted by Crippen LogP contribution is -2.30. The lowest BCUT2D eigenvalue weighted by molar-refractivity contribution is 0.134. The van der Waals surface area contributed by atoms with E-state index < -0.39 is 19.5 Å². The number of aryl methyl sites for hydroxylation is 1. The van der Waals surface area contributed by atoms with Crippen molar-refractivity contribution in [1.29, 1.82) is 0 Å². The van der Waals surface area contributed by atoms with Gasteiger partial charge in [0.2, 0.25) is 0 Å². The van der Waals surface area contributed by atoms with Gasteiger partial charge in [-0.15, -0.1) is 0 Å². The summed E-state index contributed by atoms with van der Waals surface area (Å²) in [4.78, 5) is 12.4. The lowest BCUT2D eigenvalue weighted by atomic mass is 10.1. The van der Waals surface area contributed by atoms with E-state index in [1.807, 2.05) is 49.4 Å². The van der Waals surface area contributed by atoms with Crippen molar-refractivity contribution < 1.29 is 23.1 Å². The van der Waals surface area contributed by atoms with Crippen molar-refractivity contribution in [3.8, 4) is 0 Å². The van der Waals surface area contributed by atoms with Crippen LogP contribution < -0.4 is 5.32 Å². The van der Waals surface area contributed by atoms with Gasteiger partial charge in [-0.3, -0.25) is 4.57 Å². The van der Waals surface area contributed by atoms with E-state index in [9.17, 15) is 9.36 Å². The third-order valence-corrected chi connectivity index (χ3v) is 6.09. The van der Waals surface area contributed by atoms with Crippen LogP contribution in [0.15, 0.2) is 54.6 Å². The SMILES string of the molecule is CCOP(=O)(OCC)[C@@H](NC(=O)OCc1ccccc1)c1ccc(C)cc1. The van der Waals surface area contributed by atoms with Gasteiger partial charge in [0.15, 0.2) is 5.78 Å². The number of rotatable bonds is 9. The average molecular weight is 391 g/mol. The first-order valence-corrected chi connectivity index (χ1v) is 10.5. The second-order valence-corrected chi connectivity index (χ2v) is 8.01. The molecule has 0 aliphatic carbocycles. The molecule has 0 bridgehead atoms. The first kappa shape index (κ1) is 21.2. The predicted molar refractivity (Wildman–Crippen MR) is 105 cm³/mol. The fraction of sp³-hybridized carbons (Fsp3) is 0.350. The van der Waals surface area contributed by atoms with Crippen LogP contribution in [0.3, 0.4) is 0 Å². The molecule has 7 heteroatoms. The van der Waals surface area contributed by atoms with Crippen LogP contribution in [-0.4, -0.2) is 19.3 Å². The molecule has 0 saturated carbocycles. The minimum Gasteiger partial charge on any atom is -0.445 e. The second-order valence-electron chi connectivity index (χ2n) is 5.89. The number of hydrogen-bond acceptors (Lipinski definition) is 5. The van der Waals surface area contributed by atoms with E-state index in [0.717, 1.165) is 11.1 Å². The van der Waals surface area contributed by atoms with Crippen LogP contribution in [-0.2, 0) is 25.0 Å². The Morgan fingerprint density at radius 2 is 1.59 bits per heavy atom. The third kappa shape index (κ3) is 6.21. The number of carbonyl (C=O) groups is 1. The normalized spacial score (nSPS) is 12.4. The van der Waals surface area contributed by atoms with E-state index in [2.05, 4.69) is 5.32 Å². The first-order chi connectivity index (χ1) is 13.0. The number of ether oxygens (including phenoxy) is 1.